The van der Waals surface area contributed by atoms with Crippen LogP contribution in [0.4, 0.5) is 10.5 Å². The highest BCUT2D eigenvalue weighted by molar-refractivity contribution is 5.73. The summed E-state index contributed by atoms with van der Waals surface area (Å²) in [6.07, 6.45) is 2.08. The van der Waals surface area contributed by atoms with Crippen LogP contribution < -0.4 is 15.5 Å². The molecule has 0 saturated heterocycles. The lowest BCUT2D eigenvalue weighted by atomic mass is 10.2. The van der Waals surface area contributed by atoms with Crippen molar-refractivity contribution in [3.63, 3.8) is 0 Å². The zero-order chi connectivity index (χ0) is 15.9. The third-order valence-corrected chi connectivity index (χ3v) is 4.17. The zero-order valence-corrected chi connectivity index (χ0v) is 13.3. The molecule has 0 saturated carbocycles. The Balaban J connectivity index is 1.33. The van der Waals surface area contributed by atoms with E-state index in [2.05, 4.69) is 39.8 Å². The van der Waals surface area contributed by atoms with Gasteiger partial charge in [-0.15, -0.1) is 0 Å². The molecular formula is C19H23N3O. The average molecular weight is 309 g/mol. The van der Waals surface area contributed by atoms with E-state index in [-0.39, 0.29) is 6.03 Å². The quantitative estimate of drug-likeness (QED) is 0.806. The molecule has 2 amide bonds. The summed E-state index contributed by atoms with van der Waals surface area (Å²) >= 11 is 0. The Morgan fingerprint density at radius 2 is 1.78 bits per heavy atom. The van der Waals surface area contributed by atoms with E-state index in [1.807, 2.05) is 30.3 Å². The lowest BCUT2D eigenvalue weighted by Crippen LogP contribution is -2.36. The van der Waals surface area contributed by atoms with Gasteiger partial charge < -0.3 is 15.5 Å². The lowest BCUT2D eigenvalue weighted by Gasteiger charge is -2.19. The molecule has 2 aromatic carbocycles. The summed E-state index contributed by atoms with van der Waals surface area (Å²) in [5.41, 5.74) is 3.89. The number of hydrogen-bond acceptors (Lipinski definition) is 2. The lowest BCUT2D eigenvalue weighted by molar-refractivity contribution is 0.240. The van der Waals surface area contributed by atoms with E-state index in [0.717, 1.165) is 31.5 Å². The normalized spacial score (nSPS) is 12.8. The second kappa shape index (κ2) is 7.68. The van der Waals surface area contributed by atoms with E-state index >= 15 is 0 Å². The number of nitrogens with zero attached hydrogens (tertiary/aromatic N) is 1. The van der Waals surface area contributed by atoms with Gasteiger partial charge in [0, 0.05) is 31.9 Å². The van der Waals surface area contributed by atoms with Gasteiger partial charge in [0.2, 0.25) is 0 Å². The molecule has 2 N–H and O–H groups in total. The summed E-state index contributed by atoms with van der Waals surface area (Å²) in [6.45, 7) is 3.32. The van der Waals surface area contributed by atoms with Crippen LogP contribution in [0.5, 0.6) is 0 Å². The van der Waals surface area contributed by atoms with E-state index in [4.69, 9.17) is 0 Å². The van der Waals surface area contributed by atoms with Crippen LogP contribution in [0.2, 0.25) is 0 Å². The van der Waals surface area contributed by atoms with E-state index in [9.17, 15) is 4.79 Å². The second-order valence-electron chi connectivity index (χ2n) is 5.81. The Morgan fingerprint density at radius 1 is 1.00 bits per heavy atom. The third kappa shape index (κ3) is 4.25. The Morgan fingerprint density at radius 3 is 2.65 bits per heavy atom. The third-order valence-electron chi connectivity index (χ3n) is 4.17. The topological polar surface area (TPSA) is 44.4 Å². The van der Waals surface area contributed by atoms with Crippen LogP contribution in [0.15, 0.2) is 54.6 Å². The Labute approximate surface area is 137 Å². The van der Waals surface area contributed by atoms with Gasteiger partial charge in [0.25, 0.3) is 0 Å². The van der Waals surface area contributed by atoms with Crippen LogP contribution in [0, 0.1) is 0 Å². The van der Waals surface area contributed by atoms with Gasteiger partial charge in [-0.25, -0.2) is 4.79 Å². The molecule has 0 bridgehead atoms. The number of hydrogen-bond donors (Lipinski definition) is 2. The van der Waals surface area contributed by atoms with E-state index in [1.165, 1.54) is 11.3 Å². The van der Waals surface area contributed by atoms with Gasteiger partial charge in [0.15, 0.2) is 0 Å². The minimum atomic E-state index is -0.101. The van der Waals surface area contributed by atoms with Crippen molar-refractivity contribution < 1.29 is 4.79 Å². The van der Waals surface area contributed by atoms with Gasteiger partial charge in [-0.3, -0.25) is 0 Å². The maximum Gasteiger partial charge on any atom is 0.315 e. The van der Waals surface area contributed by atoms with Gasteiger partial charge in [-0.05, 0) is 30.0 Å². The molecule has 0 radical (unpaired) electrons. The number of rotatable bonds is 6. The zero-order valence-electron chi connectivity index (χ0n) is 13.3. The van der Waals surface area contributed by atoms with Crippen LogP contribution in [0.25, 0.3) is 0 Å². The fourth-order valence-electron chi connectivity index (χ4n) is 2.95. The minimum Gasteiger partial charge on any atom is -0.371 e. The summed E-state index contributed by atoms with van der Waals surface area (Å²) in [5, 5.41) is 5.80. The maximum absolute atomic E-state index is 11.8. The fourth-order valence-corrected chi connectivity index (χ4v) is 2.95. The summed E-state index contributed by atoms with van der Waals surface area (Å²) in [4.78, 5) is 14.2. The standard InChI is InChI=1S/C19H23N3O/c23-19(21-15-16-7-2-1-3-8-16)20-12-6-13-22-14-11-17-9-4-5-10-18(17)22/h1-5,7-10H,6,11-15H2,(H2,20,21,23). The molecule has 1 aliphatic heterocycles. The van der Waals surface area contributed by atoms with Gasteiger partial charge >= 0.3 is 6.03 Å². The first-order chi connectivity index (χ1) is 11.3. The number of para-hydroxylation sites is 1. The van der Waals surface area contributed by atoms with Gasteiger partial charge in [0.05, 0.1) is 0 Å². The monoisotopic (exact) mass is 309 g/mol. The number of urea groups is 1. The second-order valence-corrected chi connectivity index (χ2v) is 5.81. The molecule has 120 valence electrons. The Hall–Kier alpha value is -2.49. The van der Waals surface area contributed by atoms with Crippen molar-refractivity contribution in [1.29, 1.82) is 0 Å². The van der Waals surface area contributed by atoms with Crippen molar-refractivity contribution in [3.05, 3.63) is 65.7 Å². The Bertz CT molecular complexity index is 642. The average Bonchev–Trinajstić information content (AvgIpc) is 3.01. The summed E-state index contributed by atoms with van der Waals surface area (Å²) in [5.74, 6) is 0. The summed E-state index contributed by atoms with van der Waals surface area (Å²) < 4.78 is 0. The Kier molecular flexibility index (Phi) is 5.14. The number of benzene rings is 2. The van der Waals surface area contributed by atoms with E-state index < -0.39 is 0 Å². The molecule has 0 spiro atoms. The van der Waals surface area contributed by atoms with E-state index in [1.54, 1.807) is 0 Å². The van der Waals surface area contributed by atoms with Gasteiger partial charge in [-0.1, -0.05) is 48.5 Å². The predicted molar refractivity (Wildman–Crippen MR) is 93.7 cm³/mol. The molecule has 1 aliphatic rings. The van der Waals surface area contributed by atoms with Crippen molar-refractivity contribution in [2.24, 2.45) is 0 Å². The molecule has 0 atom stereocenters. The fraction of sp³-hybridized carbons (Fsp3) is 0.316. The highest BCUT2D eigenvalue weighted by atomic mass is 16.2. The first kappa shape index (κ1) is 15.4. The van der Waals surface area contributed by atoms with Crippen molar-refractivity contribution in [1.82, 2.24) is 10.6 Å². The predicted octanol–water partition coefficient (Wildman–Crippen LogP) is 2.94. The van der Waals surface area contributed by atoms with Gasteiger partial charge in [0.1, 0.15) is 0 Å². The molecule has 2 aromatic rings. The first-order valence-electron chi connectivity index (χ1n) is 8.21. The number of anilines is 1. The number of amides is 2. The van der Waals surface area contributed by atoms with Crippen LogP contribution in [-0.4, -0.2) is 25.7 Å². The molecule has 4 heteroatoms. The maximum atomic E-state index is 11.8. The molecule has 23 heavy (non-hydrogen) atoms. The highest BCUT2D eigenvalue weighted by Crippen LogP contribution is 2.27. The molecule has 0 aromatic heterocycles. The highest BCUT2D eigenvalue weighted by Gasteiger charge is 2.17. The van der Waals surface area contributed by atoms with Crippen LogP contribution >= 0.6 is 0 Å². The molecular weight excluding hydrogens is 286 g/mol. The largest absolute Gasteiger partial charge is 0.371 e. The van der Waals surface area contributed by atoms with Crippen LogP contribution in [-0.2, 0) is 13.0 Å². The molecule has 3 rings (SSSR count). The van der Waals surface area contributed by atoms with Crippen molar-refractivity contribution in [2.45, 2.75) is 19.4 Å². The van der Waals surface area contributed by atoms with Crippen LogP contribution in [0.1, 0.15) is 17.5 Å². The molecule has 0 aliphatic carbocycles. The molecule has 4 nitrogen and oxygen atoms in total. The van der Waals surface area contributed by atoms with Crippen molar-refractivity contribution in [2.75, 3.05) is 24.5 Å². The van der Waals surface area contributed by atoms with E-state index in [0.29, 0.717) is 13.1 Å². The summed E-state index contributed by atoms with van der Waals surface area (Å²) in [7, 11) is 0. The summed E-state index contributed by atoms with van der Waals surface area (Å²) in [6, 6.07) is 18.4. The van der Waals surface area contributed by atoms with Crippen molar-refractivity contribution >= 4 is 11.7 Å². The number of carbonyl (C=O) groups is 1. The number of nitrogens with one attached hydrogen (secondary N) is 2. The minimum absolute atomic E-state index is 0.101. The molecule has 0 unspecified atom stereocenters. The molecule has 1 heterocycles. The SMILES string of the molecule is O=C(NCCCN1CCc2ccccc21)NCc1ccccc1. The van der Waals surface area contributed by atoms with Crippen molar-refractivity contribution in [3.8, 4) is 0 Å². The van der Waals surface area contributed by atoms with Gasteiger partial charge in [-0.2, -0.15) is 0 Å². The number of carbonyl (C=O) groups excluding carboxylic acids is 1. The first-order valence-corrected chi connectivity index (χ1v) is 8.21. The number of fused-ring (bicyclic) bond motifs is 1. The van der Waals surface area contributed by atoms with Crippen LogP contribution in [0.3, 0.4) is 0 Å². The smallest absolute Gasteiger partial charge is 0.315 e. The molecule has 0 fully saturated rings.